The van der Waals surface area contributed by atoms with Crippen LogP contribution in [0.4, 0.5) is 5.69 Å². The van der Waals surface area contributed by atoms with Gasteiger partial charge in [0.15, 0.2) is 15.5 Å². The smallest absolute Gasteiger partial charge is 0.276 e. The summed E-state index contributed by atoms with van der Waals surface area (Å²) in [6, 6.07) is 11.4. The highest BCUT2D eigenvalue weighted by Gasteiger charge is 2.31. The van der Waals surface area contributed by atoms with E-state index in [1.54, 1.807) is 24.3 Å². The first kappa shape index (κ1) is 22.1. The van der Waals surface area contributed by atoms with Gasteiger partial charge in [0.2, 0.25) is 10.0 Å². The minimum atomic E-state index is -3.91. The number of rotatable bonds is 5. The zero-order valence-electron chi connectivity index (χ0n) is 17.0. The first-order chi connectivity index (χ1) is 15.1. The van der Waals surface area contributed by atoms with Crippen LogP contribution in [0.15, 0.2) is 58.2 Å². The van der Waals surface area contributed by atoms with Crippen molar-refractivity contribution in [2.75, 3.05) is 16.8 Å². The molecule has 1 atom stereocenters. The van der Waals surface area contributed by atoms with Crippen molar-refractivity contribution in [1.82, 2.24) is 14.5 Å². The number of hydrogen-bond donors (Lipinski definition) is 2. The first-order valence-corrected chi connectivity index (χ1v) is 13.0. The van der Waals surface area contributed by atoms with Crippen molar-refractivity contribution in [3.8, 4) is 0 Å². The Balaban J connectivity index is 1.53. The predicted octanol–water partition coefficient (Wildman–Crippen LogP) is 0.651. The molecule has 10 nitrogen and oxygen atoms in total. The lowest BCUT2D eigenvalue weighted by Crippen LogP contribution is -2.35. The number of anilines is 1. The second-order valence-electron chi connectivity index (χ2n) is 7.52. The van der Waals surface area contributed by atoms with Gasteiger partial charge in [-0.05, 0) is 36.8 Å². The average Bonchev–Trinajstić information content (AvgIpc) is 3.08. The summed E-state index contributed by atoms with van der Waals surface area (Å²) < 4.78 is 51.7. The molecule has 2 aromatic carbocycles. The van der Waals surface area contributed by atoms with Crippen LogP contribution in [0.1, 0.15) is 16.9 Å². The number of hydrogen-bond acceptors (Lipinski definition) is 7. The van der Waals surface area contributed by atoms with Gasteiger partial charge >= 0.3 is 0 Å². The van der Waals surface area contributed by atoms with Crippen LogP contribution in [0.2, 0.25) is 0 Å². The molecule has 0 saturated carbocycles. The van der Waals surface area contributed by atoms with Crippen molar-refractivity contribution >= 4 is 42.2 Å². The topological polar surface area (TPSA) is 144 Å². The van der Waals surface area contributed by atoms with E-state index in [9.17, 15) is 26.4 Å². The average molecular weight is 477 g/mol. The Kier molecular flexibility index (Phi) is 5.61. The molecule has 12 heteroatoms. The Bertz CT molecular complexity index is 1480. The molecule has 0 spiro atoms. The molecular formula is C20H20N4O6S2. The van der Waals surface area contributed by atoms with E-state index in [1.165, 1.54) is 31.3 Å². The molecule has 2 N–H and O–H groups in total. The molecule has 1 saturated heterocycles. The fourth-order valence-corrected chi connectivity index (χ4v) is 6.60. The van der Waals surface area contributed by atoms with Crippen LogP contribution in [0.25, 0.3) is 10.8 Å². The van der Waals surface area contributed by atoms with Crippen LogP contribution in [0.3, 0.4) is 0 Å². The van der Waals surface area contributed by atoms with Gasteiger partial charge < -0.3 is 5.32 Å². The summed E-state index contributed by atoms with van der Waals surface area (Å²) in [5, 5.41) is 7.47. The summed E-state index contributed by atoms with van der Waals surface area (Å²) >= 11 is 0. The van der Waals surface area contributed by atoms with Gasteiger partial charge in [0.05, 0.1) is 21.8 Å². The molecule has 3 aromatic rings. The number of fused-ring (bicyclic) bond motifs is 1. The number of sulfonamides is 1. The molecule has 0 bridgehead atoms. The lowest BCUT2D eigenvalue weighted by Gasteiger charge is -2.12. The molecule has 2 heterocycles. The van der Waals surface area contributed by atoms with Crippen LogP contribution in [-0.4, -0.2) is 50.1 Å². The van der Waals surface area contributed by atoms with E-state index in [4.69, 9.17) is 0 Å². The SMILES string of the molecule is Cn1nc(C(=O)Nc2ccc(S(=O)(=O)NC3CCS(=O)(=O)C3)cc2)c2ccccc2c1=O. The molecule has 1 fully saturated rings. The fourth-order valence-electron chi connectivity index (χ4n) is 3.55. The number of aromatic nitrogens is 2. The maximum absolute atomic E-state index is 12.8. The van der Waals surface area contributed by atoms with Crippen LogP contribution in [-0.2, 0) is 26.9 Å². The van der Waals surface area contributed by atoms with Gasteiger partial charge in [-0.15, -0.1) is 0 Å². The molecule has 0 aliphatic carbocycles. The third-order valence-corrected chi connectivity index (χ3v) is 8.45. The maximum Gasteiger partial charge on any atom is 0.276 e. The Labute approximate surface area is 184 Å². The minimum absolute atomic E-state index is 0.0427. The molecule has 1 aliphatic rings. The fraction of sp³-hybridized carbons (Fsp3) is 0.250. The summed E-state index contributed by atoms with van der Waals surface area (Å²) in [5.74, 6) is -0.818. The van der Waals surface area contributed by atoms with Crippen molar-refractivity contribution in [2.24, 2.45) is 7.05 Å². The molecule has 1 aromatic heterocycles. The molecule has 32 heavy (non-hydrogen) atoms. The molecule has 1 amide bonds. The van der Waals surface area contributed by atoms with Gasteiger partial charge in [-0.2, -0.15) is 5.10 Å². The monoisotopic (exact) mass is 476 g/mol. The highest BCUT2D eigenvalue weighted by atomic mass is 32.2. The number of aryl methyl sites for hydroxylation is 1. The Morgan fingerprint density at radius 1 is 1.09 bits per heavy atom. The number of carbonyl (C=O) groups is 1. The first-order valence-electron chi connectivity index (χ1n) is 9.66. The molecule has 4 rings (SSSR count). The number of nitrogens with one attached hydrogen (secondary N) is 2. The number of nitrogens with zero attached hydrogens (tertiary/aromatic N) is 2. The van der Waals surface area contributed by atoms with Crippen LogP contribution in [0.5, 0.6) is 0 Å². The molecule has 1 aliphatic heterocycles. The predicted molar refractivity (Wildman–Crippen MR) is 119 cm³/mol. The normalized spacial score (nSPS) is 18.0. The van der Waals surface area contributed by atoms with Crippen molar-refractivity contribution < 1.29 is 21.6 Å². The van der Waals surface area contributed by atoms with Crippen molar-refractivity contribution in [2.45, 2.75) is 17.4 Å². The van der Waals surface area contributed by atoms with E-state index in [-0.39, 0.29) is 34.1 Å². The second-order valence-corrected chi connectivity index (χ2v) is 11.5. The van der Waals surface area contributed by atoms with Crippen molar-refractivity contribution in [3.63, 3.8) is 0 Å². The number of amides is 1. The highest BCUT2D eigenvalue weighted by molar-refractivity contribution is 7.92. The summed E-state index contributed by atoms with van der Waals surface area (Å²) in [5.41, 5.74) is 0.0647. The summed E-state index contributed by atoms with van der Waals surface area (Å²) in [7, 11) is -5.68. The third kappa shape index (κ3) is 4.42. The molecule has 1 unspecified atom stereocenters. The Morgan fingerprint density at radius 2 is 1.75 bits per heavy atom. The van der Waals surface area contributed by atoms with E-state index in [1.807, 2.05) is 0 Å². The zero-order chi connectivity index (χ0) is 23.1. The van der Waals surface area contributed by atoms with Crippen LogP contribution >= 0.6 is 0 Å². The number of benzene rings is 2. The Morgan fingerprint density at radius 3 is 2.38 bits per heavy atom. The highest BCUT2D eigenvalue weighted by Crippen LogP contribution is 2.19. The van der Waals surface area contributed by atoms with Crippen LogP contribution < -0.4 is 15.6 Å². The minimum Gasteiger partial charge on any atom is -0.321 e. The third-order valence-electron chi connectivity index (χ3n) is 5.15. The van der Waals surface area contributed by atoms with E-state index in [2.05, 4.69) is 15.1 Å². The van der Waals surface area contributed by atoms with Gasteiger partial charge in [0, 0.05) is 24.2 Å². The summed E-state index contributed by atoms with van der Waals surface area (Å²) in [4.78, 5) is 25.0. The summed E-state index contributed by atoms with van der Waals surface area (Å²) in [6.45, 7) is 0. The van der Waals surface area contributed by atoms with Gasteiger partial charge in [0.25, 0.3) is 11.5 Å². The largest absolute Gasteiger partial charge is 0.321 e. The van der Waals surface area contributed by atoms with E-state index >= 15 is 0 Å². The van der Waals surface area contributed by atoms with Crippen molar-refractivity contribution in [1.29, 1.82) is 0 Å². The van der Waals surface area contributed by atoms with E-state index in [0.717, 1.165) is 4.68 Å². The van der Waals surface area contributed by atoms with Gasteiger partial charge in [-0.3, -0.25) is 9.59 Å². The lowest BCUT2D eigenvalue weighted by atomic mass is 10.1. The van der Waals surface area contributed by atoms with E-state index < -0.39 is 31.8 Å². The standard InChI is InChI=1S/C20H20N4O6S2/c1-24-20(26)17-5-3-2-4-16(17)18(22-24)19(25)21-13-6-8-15(9-7-13)32(29,30)23-14-10-11-31(27,28)12-14/h2-9,14,23H,10-12H2,1H3,(H,21,25). The molecule has 168 valence electrons. The van der Waals surface area contributed by atoms with Crippen molar-refractivity contribution in [3.05, 3.63) is 64.6 Å². The number of sulfone groups is 1. The lowest BCUT2D eigenvalue weighted by molar-refractivity contribution is 0.102. The molecular weight excluding hydrogens is 456 g/mol. The quantitative estimate of drug-likeness (QED) is 0.550. The van der Waals surface area contributed by atoms with Gasteiger partial charge in [-0.1, -0.05) is 18.2 Å². The van der Waals surface area contributed by atoms with Crippen LogP contribution in [0, 0.1) is 0 Å². The second kappa shape index (κ2) is 8.11. The van der Waals surface area contributed by atoms with E-state index in [0.29, 0.717) is 16.5 Å². The number of carbonyl (C=O) groups excluding carboxylic acids is 1. The zero-order valence-corrected chi connectivity index (χ0v) is 18.6. The molecule has 0 radical (unpaired) electrons. The van der Waals surface area contributed by atoms with Gasteiger partial charge in [0.1, 0.15) is 0 Å². The maximum atomic E-state index is 12.8. The van der Waals surface area contributed by atoms with Gasteiger partial charge in [-0.25, -0.2) is 26.2 Å². The summed E-state index contributed by atoms with van der Waals surface area (Å²) in [6.07, 6.45) is 0.232. The Hall–Kier alpha value is -3.09.